The van der Waals surface area contributed by atoms with Gasteiger partial charge < -0.3 is 5.32 Å². The molecule has 0 aliphatic heterocycles. The van der Waals surface area contributed by atoms with Crippen molar-refractivity contribution in [1.82, 2.24) is 5.32 Å². The molecule has 1 N–H and O–H groups in total. The molecule has 1 saturated carbocycles. The van der Waals surface area contributed by atoms with Gasteiger partial charge in [-0.3, -0.25) is 0 Å². The first kappa shape index (κ1) is 13.7. The lowest BCUT2D eigenvalue weighted by Crippen LogP contribution is -2.25. The lowest BCUT2D eigenvalue weighted by atomic mass is 10.0. The van der Waals surface area contributed by atoms with Crippen LogP contribution < -0.4 is 5.32 Å². The molecule has 0 spiro atoms. The highest BCUT2D eigenvalue weighted by atomic mass is 35.5. The summed E-state index contributed by atoms with van der Waals surface area (Å²) in [6, 6.07) is 19.5. The van der Waals surface area contributed by atoms with Gasteiger partial charge in [0.05, 0.1) is 0 Å². The lowest BCUT2D eigenvalue weighted by molar-refractivity contribution is 0.484. The quantitative estimate of drug-likeness (QED) is 0.816. The highest BCUT2D eigenvalue weighted by Crippen LogP contribution is 2.40. The highest BCUT2D eigenvalue weighted by molar-refractivity contribution is 6.30. The molecule has 104 valence electrons. The van der Waals surface area contributed by atoms with Gasteiger partial charge in [-0.25, -0.2) is 0 Å². The summed E-state index contributed by atoms with van der Waals surface area (Å²) in [6.45, 7) is 1.01. The van der Waals surface area contributed by atoms with Crippen LogP contribution in [0.4, 0.5) is 0 Å². The van der Waals surface area contributed by atoms with Crippen LogP contribution in [-0.2, 0) is 6.42 Å². The van der Waals surface area contributed by atoms with Gasteiger partial charge in [-0.2, -0.15) is 0 Å². The Bertz CT molecular complexity index is 531. The fourth-order valence-electron chi connectivity index (χ4n) is 2.67. The third-order valence-electron chi connectivity index (χ3n) is 3.94. The Hall–Kier alpha value is -1.31. The van der Waals surface area contributed by atoms with Crippen molar-refractivity contribution in [3.8, 4) is 0 Å². The number of nitrogens with one attached hydrogen (secondary N) is 1. The van der Waals surface area contributed by atoms with E-state index in [1.807, 2.05) is 12.1 Å². The second kappa shape index (κ2) is 6.43. The zero-order chi connectivity index (χ0) is 13.8. The van der Waals surface area contributed by atoms with Crippen molar-refractivity contribution in [2.24, 2.45) is 5.92 Å². The minimum absolute atomic E-state index is 0.517. The molecule has 2 aromatic carbocycles. The molecule has 3 rings (SSSR count). The van der Waals surface area contributed by atoms with Crippen molar-refractivity contribution in [3.63, 3.8) is 0 Å². The lowest BCUT2D eigenvalue weighted by Gasteiger charge is -2.18. The van der Waals surface area contributed by atoms with Gasteiger partial charge in [0.1, 0.15) is 0 Å². The monoisotopic (exact) mass is 285 g/mol. The third kappa shape index (κ3) is 3.62. The molecule has 0 saturated heterocycles. The molecule has 2 heteroatoms. The van der Waals surface area contributed by atoms with Gasteiger partial charge in [0, 0.05) is 11.1 Å². The SMILES string of the molecule is Clc1ccc(CCNC(c2ccccc2)C2CC2)cc1. The average molecular weight is 286 g/mol. The summed E-state index contributed by atoms with van der Waals surface area (Å²) in [7, 11) is 0. The van der Waals surface area contributed by atoms with Crippen molar-refractivity contribution in [2.45, 2.75) is 25.3 Å². The van der Waals surface area contributed by atoms with E-state index in [-0.39, 0.29) is 0 Å². The van der Waals surface area contributed by atoms with E-state index >= 15 is 0 Å². The zero-order valence-corrected chi connectivity index (χ0v) is 12.3. The summed E-state index contributed by atoms with van der Waals surface area (Å²) in [4.78, 5) is 0. The van der Waals surface area contributed by atoms with Crippen LogP contribution >= 0.6 is 11.6 Å². The fourth-order valence-corrected chi connectivity index (χ4v) is 2.80. The van der Waals surface area contributed by atoms with Crippen molar-refractivity contribution in [2.75, 3.05) is 6.54 Å². The predicted octanol–water partition coefficient (Wildman–Crippen LogP) is 4.62. The average Bonchev–Trinajstić information content (AvgIpc) is 3.31. The molecule has 0 heterocycles. The van der Waals surface area contributed by atoms with Crippen LogP contribution in [0.2, 0.25) is 5.02 Å². The molecule has 0 amide bonds. The van der Waals surface area contributed by atoms with Crippen molar-refractivity contribution >= 4 is 11.6 Å². The minimum atomic E-state index is 0.517. The summed E-state index contributed by atoms with van der Waals surface area (Å²) in [5.41, 5.74) is 2.76. The van der Waals surface area contributed by atoms with Crippen molar-refractivity contribution < 1.29 is 0 Å². The Morgan fingerprint density at radius 3 is 2.35 bits per heavy atom. The summed E-state index contributed by atoms with van der Waals surface area (Å²) in [5, 5.41) is 4.54. The van der Waals surface area contributed by atoms with Crippen molar-refractivity contribution in [1.29, 1.82) is 0 Å². The number of rotatable bonds is 6. The van der Waals surface area contributed by atoms with Crippen LogP contribution in [0.5, 0.6) is 0 Å². The topological polar surface area (TPSA) is 12.0 Å². The van der Waals surface area contributed by atoms with Crippen LogP contribution in [0.15, 0.2) is 54.6 Å². The Morgan fingerprint density at radius 2 is 1.70 bits per heavy atom. The number of benzene rings is 2. The molecule has 1 nitrogen and oxygen atoms in total. The molecule has 2 aromatic rings. The fraction of sp³-hybridized carbons (Fsp3) is 0.333. The van der Waals surface area contributed by atoms with E-state index in [1.54, 1.807) is 0 Å². The zero-order valence-electron chi connectivity index (χ0n) is 11.6. The first-order valence-electron chi connectivity index (χ1n) is 7.36. The van der Waals surface area contributed by atoms with E-state index in [1.165, 1.54) is 24.0 Å². The molecule has 1 fully saturated rings. The van der Waals surface area contributed by atoms with Crippen LogP contribution in [0.1, 0.15) is 30.0 Å². The Morgan fingerprint density at radius 1 is 1.00 bits per heavy atom. The maximum atomic E-state index is 5.91. The van der Waals surface area contributed by atoms with Gasteiger partial charge in [0.15, 0.2) is 0 Å². The van der Waals surface area contributed by atoms with E-state index in [4.69, 9.17) is 11.6 Å². The molecule has 0 bridgehead atoms. The maximum absolute atomic E-state index is 5.91. The molecule has 1 unspecified atom stereocenters. The molecular weight excluding hydrogens is 266 g/mol. The van der Waals surface area contributed by atoms with E-state index in [9.17, 15) is 0 Å². The minimum Gasteiger partial charge on any atom is -0.309 e. The molecule has 0 aromatic heterocycles. The Kier molecular flexibility index (Phi) is 4.39. The van der Waals surface area contributed by atoms with Crippen LogP contribution in [0.3, 0.4) is 0 Å². The molecular formula is C18H20ClN. The van der Waals surface area contributed by atoms with E-state index in [0.29, 0.717) is 6.04 Å². The van der Waals surface area contributed by atoms with Crippen LogP contribution in [0, 0.1) is 5.92 Å². The number of hydrogen-bond donors (Lipinski definition) is 1. The standard InChI is InChI=1S/C18H20ClN/c19-17-10-6-14(7-11-17)12-13-20-18(16-8-9-16)15-4-2-1-3-5-15/h1-7,10-11,16,18,20H,8-9,12-13H2. The first-order chi connectivity index (χ1) is 9.83. The molecule has 0 radical (unpaired) electrons. The molecule has 1 atom stereocenters. The van der Waals surface area contributed by atoms with E-state index in [2.05, 4.69) is 47.8 Å². The number of hydrogen-bond acceptors (Lipinski definition) is 1. The molecule has 1 aliphatic carbocycles. The normalized spacial score (nSPS) is 16.1. The summed E-state index contributed by atoms with van der Waals surface area (Å²) in [5.74, 6) is 0.822. The van der Waals surface area contributed by atoms with Gasteiger partial charge >= 0.3 is 0 Å². The van der Waals surface area contributed by atoms with Gasteiger partial charge in [-0.1, -0.05) is 54.1 Å². The second-order valence-corrected chi connectivity index (χ2v) is 5.99. The van der Waals surface area contributed by atoms with Crippen LogP contribution in [-0.4, -0.2) is 6.54 Å². The highest BCUT2D eigenvalue weighted by Gasteiger charge is 2.31. The number of halogens is 1. The van der Waals surface area contributed by atoms with Gasteiger partial charge in [0.2, 0.25) is 0 Å². The maximum Gasteiger partial charge on any atom is 0.0406 e. The largest absolute Gasteiger partial charge is 0.309 e. The smallest absolute Gasteiger partial charge is 0.0406 e. The van der Waals surface area contributed by atoms with E-state index in [0.717, 1.165) is 23.9 Å². The second-order valence-electron chi connectivity index (χ2n) is 5.56. The molecule has 20 heavy (non-hydrogen) atoms. The third-order valence-corrected chi connectivity index (χ3v) is 4.20. The molecule has 1 aliphatic rings. The Labute approximate surface area is 126 Å². The van der Waals surface area contributed by atoms with Gasteiger partial charge in [0.25, 0.3) is 0 Å². The van der Waals surface area contributed by atoms with Crippen molar-refractivity contribution in [3.05, 3.63) is 70.7 Å². The summed E-state index contributed by atoms with van der Waals surface area (Å²) < 4.78 is 0. The Balaban J connectivity index is 1.57. The summed E-state index contributed by atoms with van der Waals surface area (Å²) >= 11 is 5.91. The van der Waals surface area contributed by atoms with Gasteiger partial charge in [-0.15, -0.1) is 0 Å². The first-order valence-corrected chi connectivity index (χ1v) is 7.73. The van der Waals surface area contributed by atoms with E-state index < -0.39 is 0 Å². The van der Waals surface area contributed by atoms with Crippen LogP contribution in [0.25, 0.3) is 0 Å². The summed E-state index contributed by atoms with van der Waals surface area (Å²) in [6.07, 6.45) is 3.76. The predicted molar refractivity (Wildman–Crippen MR) is 85.1 cm³/mol. The van der Waals surface area contributed by atoms with Gasteiger partial charge in [-0.05, 0) is 55.0 Å².